The number of hydrogen-bond acceptors (Lipinski definition) is 2. The minimum absolute atomic E-state index is 0.176. The summed E-state index contributed by atoms with van der Waals surface area (Å²) in [7, 11) is 0. The Kier molecular flexibility index (Phi) is 4.34. The number of H-pyrrole nitrogens is 1. The number of benzene rings is 1. The zero-order valence-electron chi connectivity index (χ0n) is 10.8. The molecule has 0 aliphatic carbocycles. The summed E-state index contributed by atoms with van der Waals surface area (Å²) in [5, 5.41) is 2.77. The van der Waals surface area contributed by atoms with Crippen LogP contribution in [0, 0.1) is 0 Å². The summed E-state index contributed by atoms with van der Waals surface area (Å²) >= 11 is 0. The van der Waals surface area contributed by atoms with Crippen LogP contribution < -0.4 is 11.1 Å². The van der Waals surface area contributed by atoms with Crippen molar-refractivity contribution in [2.75, 3.05) is 0 Å². The first kappa shape index (κ1) is 13.6. The standard InChI is InChI=1S/C15H15N3O2/c16-15(20)13-4-1-11(2-5-13)3-6-14(19)18-10-12-7-8-17-9-12/h1-9,17H,10H2,(H2,16,20)(H,18,19)/b6-3+. The van der Waals surface area contributed by atoms with Crippen molar-refractivity contribution >= 4 is 17.9 Å². The molecule has 0 fully saturated rings. The third-order valence-corrected chi connectivity index (χ3v) is 2.75. The topological polar surface area (TPSA) is 88.0 Å². The molecule has 0 aliphatic rings. The molecule has 102 valence electrons. The third-order valence-electron chi connectivity index (χ3n) is 2.75. The molecule has 0 spiro atoms. The van der Waals surface area contributed by atoms with E-state index in [-0.39, 0.29) is 5.91 Å². The summed E-state index contributed by atoms with van der Waals surface area (Å²) in [6.07, 6.45) is 6.76. The number of rotatable bonds is 5. The summed E-state index contributed by atoms with van der Waals surface area (Å²) < 4.78 is 0. The van der Waals surface area contributed by atoms with E-state index in [0.717, 1.165) is 11.1 Å². The normalized spacial score (nSPS) is 10.6. The van der Waals surface area contributed by atoms with Crippen LogP contribution in [-0.2, 0) is 11.3 Å². The Bertz CT molecular complexity index is 613. The predicted molar refractivity (Wildman–Crippen MR) is 76.6 cm³/mol. The van der Waals surface area contributed by atoms with E-state index in [4.69, 9.17) is 5.73 Å². The first-order valence-electron chi connectivity index (χ1n) is 6.12. The van der Waals surface area contributed by atoms with E-state index in [1.807, 2.05) is 12.3 Å². The van der Waals surface area contributed by atoms with Crippen molar-refractivity contribution in [3.8, 4) is 0 Å². The fourth-order valence-electron chi connectivity index (χ4n) is 1.65. The van der Waals surface area contributed by atoms with Crippen LogP contribution in [0.25, 0.3) is 6.08 Å². The molecule has 0 bridgehead atoms. The van der Waals surface area contributed by atoms with E-state index in [1.54, 1.807) is 36.5 Å². The first-order valence-corrected chi connectivity index (χ1v) is 6.12. The van der Waals surface area contributed by atoms with Crippen LogP contribution in [0.3, 0.4) is 0 Å². The van der Waals surface area contributed by atoms with Gasteiger partial charge in [-0.1, -0.05) is 12.1 Å². The maximum Gasteiger partial charge on any atom is 0.248 e. The van der Waals surface area contributed by atoms with E-state index >= 15 is 0 Å². The van der Waals surface area contributed by atoms with Crippen molar-refractivity contribution in [2.45, 2.75) is 6.54 Å². The van der Waals surface area contributed by atoms with Gasteiger partial charge in [0.1, 0.15) is 0 Å². The number of primary amides is 1. The second-order valence-electron chi connectivity index (χ2n) is 4.26. The number of carbonyl (C=O) groups is 2. The molecule has 20 heavy (non-hydrogen) atoms. The van der Waals surface area contributed by atoms with E-state index in [0.29, 0.717) is 12.1 Å². The average molecular weight is 269 g/mol. The summed E-state index contributed by atoms with van der Waals surface area (Å²) in [5.41, 5.74) is 7.43. The van der Waals surface area contributed by atoms with Crippen molar-refractivity contribution in [3.63, 3.8) is 0 Å². The molecule has 0 aliphatic heterocycles. The van der Waals surface area contributed by atoms with Gasteiger partial charge in [-0.05, 0) is 35.4 Å². The largest absolute Gasteiger partial charge is 0.367 e. The molecule has 2 amide bonds. The van der Waals surface area contributed by atoms with Gasteiger partial charge in [-0.15, -0.1) is 0 Å². The molecule has 1 aromatic heterocycles. The van der Waals surface area contributed by atoms with Gasteiger partial charge < -0.3 is 16.0 Å². The molecule has 1 aromatic carbocycles. The summed E-state index contributed by atoms with van der Waals surface area (Å²) in [4.78, 5) is 25.4. The molecular formula is C15H15N3O2. The molecule has 2 aromatic rings. The van der Waals surface area contributed by atoms with E-state index in [2.05, 4.69) is 10.3 Å². The zero-order chi connectivity index (χ0) is 14.4. The lowest BCUT2D eigenvalue weighted by Gasteiger charge is -1.99. The van der Waals surface area contributed by atoms with Gasteiger partial charge in [0.25, 0.3) is 0 Å². The Labute approximate surface area is 116 Å². The smallest absolute Gasteiger partial charge is 0.248 e. The van der Waals surface area contributed by atoms with Gasteiger partial charge in [-0.3, -0.25) is 9.59 Å². The predicted octanol–water partition coefficient (Wildman–Crippen LogP) is 1.44. The van der Waals surface area contributed by atoms with Crippen molar-refractivity contribution in [3.05, 3.63) is 65.5 Å². The molecular weight excluding hydrogens is 254 g/mol. The fraction of sp³-hybridized carbons (Fsp3) is 0.0667. The molecule has 5 heteroatoms. The second-order valence-corrected chi connectivity index (χ2v) is 4.26. The minimum atomic E-state index is -0.468. The Hall–Kier alpha value is -2.82. The Morgan fingerprint density at radius 3 is 2.55 bits per heavy atom. The van der Waals surface area contributed by atoms with E-state index in [1.165, 1.54) is 6.08 Å². The van der Waals surface area contributed by atoms with Gasteiger partial charge in [0.2, 0.25) is 11.8 Å². The number of aromatic amines is 1. The number of amides is 2. The van der Waals surface area contributed by atoms with Gasteiger partial charge >= 0.3 is 0 Å². The van der Waals surface area contributed by atoms with Crippen molar-refractivity contribution in [1.82, 2.24) is 10.3 Å². The molecule has 5 nitrogen and oxygen atoms in total. The lowest BCUT2D eigenvalue weighted by Crippen LogP contribution is -2.19. The molecule has 0 unspecified atom stereocenters. The van der Waals surface area contributed by atoms with Gasteiger partial charge in [0.05, 0.1) is 0 Å². The molecule has 1 heterocycles. The number of carbonyl (C=O) groups excluding carboxylic acids is 2. The summed E-state index contributed by atoms with van der Waals surface area (Å²) in [6, 6.07) is 8.61. The average Bonchev–Trinajstić information content (AvgIpc) is 2.96. The first-order chi connectivity index (χ1) is 9.65. The molecule has 0 radical (unpaired) electrons. The Morgan fingerprint density at radius 1 is 1.20 bits per heavy atom. The number of hydrogen-bond donors (Lipinski definition) is 3. The quantitative estimate of drug-likeness (QED) is 0.717. The molecule has 0 saturated heterocycles. The van der Waals surface area contributed by atoms with Crippen molar-refractivity contribution < 1.29 is 9.59 Å². The van der Waals surface area contributed by atoms with Crippen molar-refractivity contribution in [2.24, 2.45) is 5.73 Å². The van der Waals surface area contributed by atoms with E-state index in [9.17, 15) is 9.59 Å². The highest BCUT2D eigenvalue weighted by Gasteiger charge is 1.99. The Balaban J connectivity index is 1.88. The SMILES string of the molecule is NC(=O)c1ccc(/C=C/C(=O)NCc2cc[nH]c2)cc1. The fourth-order valence-corrected chi connectivity index (χ4v) is 1.65. The van der Waals surface area contributed by atoms with Gasteiger partial charge in [-0.25, -0.2) is 0 Å². The highest BCUT2D eigenvalue weighted by molar-refractivity contribution is 5.94. The van der Waals surface area contributed by atoms with Crippen LogP contribution in [0.5, 0.6) is 0 Å². The van der Waals surface area contributed by atoms with Crippen LogP contribution in [-0.4, -0.2) is 16.8 Å². The highest BCUT2D eigenvalue weighted by Crippen LogP contribution is 2.05. The van der Waals surface area contributed by atoms with Gasteiger partial charge in [-0.2, -0.15) is 0 Å². The lowest BCUT2D eigenvalue weighted by molar-refractivity contribution is -0.116. The van der Waals surface area contributed by atoms with Crippen molar-refractivity contribution in [1.29, 1.82) is 0 Å². The summed E-state index contributed by atoms with van der Waals surface area (Å²) in [5.74, 6) is -0.644. The molecule has 2 rings (SSSR count). The molecule has 0 atom stereocenters. The van der Waals surface area contributed by atoms with Gasteiger partial charge in [0, 0.05) is 30.6 Å². The van der Waals surface area contributed by atoms with Crippen LogP contribution in [0.1, 0.15) is 21.5 Å². The van der Waals surface area contributed by atoms with Crippen LogP contribution in [0.2, 0.25) is 0 Å². The van der Waals surface area contributed by atoms with Crippen LogP contribution in [0.15, 0.2) is 48.8 Å². The molecule has 0 saturated carbocycles. The lowest BCUT2D eigenvalue weighted by atomic mass is 10.1. The maximum atomic E-state index is 11.6. The minimum Gasteiger partial charge on any atom is -0.367 e. The molecule has 4 N–H and O–H groups in total. The zero-order valence-corrected chi connectivity index (χ0v) is 10.8. The van der Waals surface area contributed by atoms with Crippen LogP contribution in [0.4, 0.5) is 0 Å². The number of aromatic nitrogens is 1. The number of nitrogens with two attached hydrogens (primary N) is 1. The number of nitrogens with one attached hydrogen (secondary N) is 2. The second kappa shape index (κ2) is 6.38. The van der Waals surface area contributed by atoms with Gasteiger partial charge in [0.15, 0.2) is 0 Å². The van der Waals surface area contributed by atoms with Crippen LogP contribution >= 0.6 is 0 Å². The summed E-state index contributed by atoms with van der Waals surface area (Å²) in [6.45, 7) is 0.479. The third kappa shape index (κ3) is 3.84. The Morgan fingerprint density at radius 2 is 1.95 bits per heavy atom. The monoisotopic (exact) mass is 269 g/mol. The van der Waals surface area contributed by atoms with E-state index < -0.39 is 5.91 Å². The highest BCUT2D eigenvalue weighted by atomic mass is 16.1. The maximum absolute atomic E-state index is 11.6.